The highest BCUT2D eigenvalue weighted by Crippen LogP contribution is 2.30. The highest BCUT2D eigenvalue weighted by atomic mass is 19.4. The van der Waals surface area contributed by atoms with Gasteiger partial charge in [-0.3, -0.25) is 0 Å². The summed E-state index contributed by atoms with van der Waals surface area (Å²) >= 11 is 0. The van der Waals surface area contributed by atoms with E-state index >= 15 is 0 Å². The Kier molecular flexibility index (Phi) is 6.11. The minimum Gasteiger partial charge on any atom is -0.479 e. The van der Waals surface area contributed by atoms with Gasteiger partial charge in [0.2, 0.25) is 5.54 Å². The quantitative estimate of drug-likeness (QED) is 0.700. The van der Waals surface area contributed by atoms with Crippen LogP contribution in [0, 0.1) is 0 Å². The number of amides is 2. The van der Waals surface area contributed by atoms with Crippen molar-refractivity contribution in [3.63, 3.8) is 0 Å². The van der Waals surface area contributed by atoms with Crippen molar-refractivity contribution >= 4 is 12.0 Å². The Balaban J connectivity index is 4.80. The lowest BCUT2D eigenvalue weighted by Crippen LogP contribution is -2.64. The maximum absolute atomic E-state index is 12.7. The first kappa shape index (κ1) is 17.5. The molecule has 0 saturated heterocycles. The second kappa shape index (κ2) is 6.63. The summed E-state index contributed by atoms with van der Waals surface area (Å²) in [6, 6.07) is -1.42. The van der Waals surface area contributed by atoms with Gasteiger partial charge < -0.3 is 15.7 Å². The van der Waals surface area contributed by atoms with Crippen molar-refractivity contribution in [1.82, 2.24) is 10.6 Å². The third kappa shape index (κ3) is 4.60. The third-order valence-corrected chi connectivity index (χ3v) is 2.82. The van der Waals surface area contributed by atoms with Gasteiger partial charge in [0.25, 0.3) is 0 Å². The number of aliphatic carboxylic acids is 1. The first-order valence-electron chi connectivity index (χ1n) is 5.97. The molecule has 0 heterocycles. The highest BCUT2D eigenvalue weighted by molar-refractivity contribution is 5.86. The first-order chi connectivity index (χ1) is 8.58. The largest absolute Gasteiger partial charge is 0.479 e. The molecule has 0 fully saturated rings. The van der Waals surface area contributed by atoms with Gasteiger partial charge >= 0.3 is 18.2 Å². The van der Waals surface area contributed by atoms with Crippen LogP contribution in [-0.4, -0.2) is 34.9 Å². The van der Waals surface area contributed by atoms with E-state index in [9.17, 15) is 22.8 Å². The van der Waals surface area contributed by atoms with Gasteiger partial charge in [-0.05, 0) is 19.8 Å². The Labute approximate surface area is 109 Å². The van der Waals surface area contributed by atoms with E-state index in [-0.39, 0.29) is 6.04 Å². The first-order valence-corrected chi connectivity index (χ1v) is 5.97. The predicted molar refractivity (Wildman–Crippen MR) is 62.8 cm³/mol. The molecule has 0 radical (unpaired) electrons. The average molecular weight is 284 g/mol. The molecule has 0 aliphatic heterocycles. The maximum Gasteiger partial charge on any atom is 0.422 e. The number of hydrogen-bond donors (Lipinski definition) is 3. The maximum atomic E-state index is 12.7. The lowest BCUT2D eigenvalue weighted by atomic mass is 10.0. The second-order valence-electron chi connectivity index (χ2n) is 4.42. The van der Waals surface area contributed by atoms with Crippen LogP contribution < -0.4 is 10.6 Å². The summed E-state index contributed by atoms with van der Waals surface area (Å²) in [5.74, 6) is -2.15. The number of halogens is 3. The zero-order valence-electron chi connectivity index (χ0n) is 11.1. The van der Waals surface area contributed by atoms with Crippen LogP contribution >= 0.6 is 0 Å². The van der Waals surface area contributed by atoms with E-state index in [1.54, 1.807) is 6.92 Å². The number of carboxylic acids is 1. The van der Waals surface area contributed by atoms with Gasteiger partial charge in [0.15, 0.2) is 0 Å². The molecular formula is C11H19F3N2O3. The number of carbonyl (C=O) groups excluding carboxylic acids is 1. The van der Waals surface area contributed by atoms with E-state index < -0.39 is 23.7 Å². The molecule has 0 aromatic heterocycles. The molecule has 5 nitrogen and oxygen atoms in total. The normalized spacial score (nSPS) is 16.3. The van der Waals surface area contributed by atoms with Crippen molar-refractivity contribution in [3.8, 4) is 0 Å². The molecule has 0 spiro atoms. The van der Waals surface area contributed by atoms with E-state index in [4.69, 9.17) is 5.11 Å². The van der Waals surface area contributed by atoms with Crippen LogP contribution in [0.1, 0.15) is 40.0 Å². The fraction of sp³-hybridized carbons (Fsp3) is 0.818. The molecule has 8 heteroatoms. The predicted octanol–water partition coefficient (Wildman–Crippen LogP) is 2.27. The number of nitrogens with one attached hydrogen (secondary N) is 2. The number of alkyl halides is 3. The molecule has 0 bridgehead atoms. The molecule has 2 atom stereocenters. The van der Waals surface area contributed by atoms with Crippen molar-refractivity contribution in [2.45, 2.75) is 57.8 Å². The van der Waals surface area contributed by atoms with Gasteiger partial charge in [-0.15, -0.1) is 0 Å². The van der Waals surface area contributed by atoms with Crippen LogP contribution in [0.2, 0.25) is 0 Å². The van der Waals surface area contributed by atoms with E-state index in [0.717, 1.165) is 6.42 Å². The zero-order valence-corrected chi connectivity index (χ0v) is 11.1. The number of hydrogen-bond acceptors (Lipinski definition) is 2. The number of rotatable bonds is 6. The molecule has 2 unspecified atom stereocenters. The van der Waals surface area contributed by atoms with Gasteiger partial charge in [0, 0.05) is 6.04 Å². The van der Waals surface area contributed by atoms with E-state index in [1.165, 1.54) is 5.32 Å². The summed E-state index contributed by atoms with van der Waals surface area (Å²) in [4.78, 5) is 22.2. The topological polar surface area (TPSA) is 78.4 Å². The summed E-state index contributed by atoms with van der Waals surface area (Å²) in [5.41, 5.74) is -3.30. The summed E-state index contributed by atoms with van der Waals surface area (Å²) in [7, 11) is 0. The smallest absolute Gasteiger partial charge is 0.422 e. The summed E-state index contributed by atoms with van der Waals surface area (Å²) in [6.07, 6.45) is -3.16. The number of carboxylic acid groups (broad SMARTS) is 1. The monoisotopic (exact) mass is 284 g/mol. The van der Waals surface area contributed by atoms with Gasteiger partial charge in [-0.1, -0.05) is 20.3 Å². The van der Waals surface area contributed by atoms with E-state index in [1.807, 2.05) is 6.92 Å². The molecule has 0 aliphatic rings. The van der Waals surface area contributed by atoms with Crippen LogP contribution in [0.3, 0.4) is 0 Å². The molecule has 19 heavy (non-hydrogen) atoms. The molecule has 0 aromatic rings. The summed E-state index contributed by atoms with van der Waals surface area (Å²) < 4.78 is 38.0. The minimum absolute atomic E-state index is 0.281. The Bertz CT molecular complexity index is 334. The fourth-order valence-electron chi connectivity index (χ4n) is 1.42. The lowest BCUT2D eigenvalue weighted by Gasteiger charge is -2.29. The molecule has 2 amide bonds. The number of carbonyl (C=O) groups is 2. The Hall–Kier alpha value is -1.47. The summed E-state index contributed by atoms with van der Waals surface area (Å²) in [6.45, 7) is 4.07. The van der Waals surface area contributed by atoms with Gasteiger partial charge in [-0.25, -0.2) is 9.59 Å². The van der Waals surface area contributed by atoms with Crippen LogP contribution in [-0.2, 0) is 4.79 Å². The second-order valence-corrected chi connectivity index (χ2v) is 4.42. The molecule has 112 valence electrons. The van der Waals surface area contributed by atoms with Gasteiger partial charge in [-0.2, -0.15) is 13.2 Å². The highest BCUT2D eigenvalue weighted by Gasteiger charge is 2.58. The molecular weight excluding hydrogens is 265 g/mol. The van der Waals surface area contributed by atoms with Crippen molar-refractivity contribution in [2.75, 3.05) is 0 Å². The van der Waals surface area contributed by atoms with E-state index in [2.05, 4.69) is 5.32 Å². The number of urea groups is 1. The Morgan fingerprint density at radius 3 is 2.11 bits per heavy atom. The third-order valence-electron chi connectivity index (χ3n) is 2.82. The van der Waals surface area contributed by atoms with Gasteiger partial charge in [0.1, 0.15) is 0 Å². The fourth-order valence-corrected chi connectivity index (χ4v) is 1.42. The molecule has 0 aliphatic carbocycles. The van der Waals surface area contributed by atoms with Crippen molar-refractivity contribution in [2.24, 2.45) is 0 Å². The molecule has 3 N–H and O–H groups in total. The van der Waals surface area contributed by atoms with Crippen LogP contribution in [0.25, 0.3) is 0 Å². The Morgan fingerprint density at radius 2 is 1.79 bits per heavy atom. The van der Waals surface area contributed by atoms with E-state index in [0.29, 0.717) is 19.8 Å². The molecule has 0 aromatic carbocycles. The standard InChI is InChI=1S/C11H19F3N2O3/c1-4-6-7(5-2)15-9(19)16-10(3,8(17)18)11(12,13)14/h7H,4-6H2,1-3H3,(H,17,18)(H2,15,16,19). The zero-order chi connectivity index (χ0) is 15.3. The lowest BCUT2D eigenvalue weighted by molar-refractivity contribution is -0.203. The van der Waals surface area contributed by atoms with Gasteiger partial charge in [0.05, 0.1) is 0 Å². The van der Waals surface area contributed by atoms with Crippen molar-refractivity contribution < 1.29 is 27.9 Å². The van der Waals surface area contributed by atoms with Crippen molar-refractivity contribution in [3.05, 3.63) is 0 Å². The van der Waals surface area contributed by atoms with Crippen LogP contribution in [0.5, 0.6) is 0 Å². The van der Waals surface area contributed by atoms with Crippen LogP contribution in [0.15, 0.2) is 0 Å². The molecule has 0 rings (SSSR count). The minimum atomic E-state index is -5.08. The van der Waals surface area contributed by atoms with Crippen molar-refractivity contribution in [1.29, 1.82) is 0 Å². The SMILES string of the molecule is CCCC(CC)NC(=O)NC(C)(C(=O)O)C(F)(F)F. The Morgan fingerprint density at radius 1 is 1.26 bits per heavy atom. The summed E-state index contributed by atoms with van der Waals surface area (Å²) in [5, 5.41) is 12.5. The van der Waals surface area contributed by atoms with Crippen LogP contribution in [0.4, 0.5) is 18.0 Å². The average Bonchev–Trinajstić information content (AvgIpc) is 2.26. The molecule has 0 saturated carbocycles.